The van der Waals surface area contributed by atoms with Crippen LogP contribution >= 0.6 is 11.3 Å². The number of nitrogens with two attached hydrogens (primary N) is 1. The highest BCUT2D eigenvalue weighted by Gasteiger charge is 2.30. The summed E-state index contributed by atoms with van der Waals surface area (Å²) in [5.41, 5.74) is 3.26. The van der Waals surface area contributed by atoms with Crippen LogP contribution in [0.5, 0.6) is 0 Å². The third-order valence-electron chi connectivity index (χ3n) is 3.50. The highest BCUT2D eigenvalue weighted by atomic mass is 32.1. The van der Waals surface area contributed by atoms with Crippen molar-refractivity contribution in [3.63, 3.8) is 0 Å². The number of hydrazine groups is 1. The Bertz CT molecular complexity index is 400. The summed E-state index contributed by atoms with van der Waals surface area (Å²) in [6, 6.07) is 2.59. The van der Waals surface area contributed by atoms with Gasteiger partial charge in [-0.25, -0.2) is 5.84 Å². The van der Waals surface area contributed by atoms with Crippen LogP contribution < -0.4 is 11.3 Å². The van der Waals surface area contributed by atoms with E-state index in [-0.39, 0.29) is 5.91 Å². The van der Waals surface area contributed by atoms with E-state index in [4.69, 9.17) is 5.84 Å². The van der Waals surface area contributed by atoms with Gasteiger partial charge < -0.3 is 0 Å². The first-order chi connectivity index (χ1) is 8.13. The number of nitrogens with one attached hydrogen (secondary N) is 1. The molecule has 1 aromatic rings. The molecule has 1 fully saturated rings. The fraction of sp³-hybridized carbons (Fsp3) is 0.583. The van der Waals surface area contributed by atoms with Crippen LogP contribution in [-0.2, 0) is 6.54 Å². The molecule has 0 bridgehead atoms. The first kappa shape index (κ1) is 12.5. The van der Waals surface area contributed by atoms with Crippen molar-refractivity contribution in [1.29, 1.82) is 0 Å². The molecule has 1 atom stereocenters. The lowest BCUT2D eigenvalue weighted by Gasteiger charge is -2.24. The second-order valence-electron chi connectivity index (χ2n) is 4.74. The first-order valence-electron chi connectivity index (χ1n) is 5.91. The molecule has 1 aromatic heterocycles. The molecule has 1 saturated carbocycles. The monoisotopic (exact) mass is 253 g/mol. The molecule has 17 heavy (non-hydrogen) atoms. The number of carbonyl (C=O) groups excluding carboxylic acids is 1. The Morgan fingerprint density at radius 2 is 2.41 bits per heavy atom. The molecular formula is C12H19N3OS. The van der Waals surface area contributed by atoms with Crippen LogP contribution in [0.3, 0.4) is 0 Å². The maximum atomic E-state index is 11.5. The number of hydrogen-bond acceptors (Lipinski definition) is 4. The molecule has 94 valence electrons. The van der Waals surface area contributed by atoms with E-state index in [1.807, 2.05) is 11.4 Å². The van der Waals surface area contributed by atoms with E-state index in [1.54, 1.807) is 0 Å². The van der Waals surface area contributed by atoms with Gasteiger partial charge in [0.15, 0.2) is 0 Å². The molecule has 1 aliphatic carbocycles. The van der Waals surface area contributed by atoms with Crippen LogP contribution in [0.1, 0.15) is 35.0 Å². The molecule has 0 aromatic carbocycles. The summed E-state index contributed by atoms with van der Waals surface area (Å²) < 4.78 is 0. The van der Waals surface area contributed by atoms with Crippen molar-refractivity contribution in [2.75, 3.05) is 7.05 Å². The SMILES string of the molecule is CC(C1CC1)N(C)Cc1ccsc1C(=O)NN. The second kappa shape index (κ2) is 5.16. The summed E-state index contributed by atoms with van der Waals surface area (Å²) in [5, 5.41) is 1.94. The molecule has 1 aliphatic rings. The molecule has 1 unspecified atom stereocenters. The fourth-order valence-electron chi connectivity index (χ4n) is 2.08. The van der Waals surface area contributed by atoms with Gasteiger partial charge in [0.2, 0.25) is 0 Å². The standard InChI is InChI=1S/C12H19N3OS/c1-8(9-3-4-9)15(2)7-10-5-6-17-11(10)12(16)14-13/h5-6,8-9H,3-4,7,13H2,1-2H3,(H,14,16). The largest absolute Gasteiger partial charge is 0.299 e. The fourth-order valence-corrected chi connectivity index (χ4v) is 2.89. The summed E-state index contributed by atoms with van der Waals surface area (Å²) in [6.07, 6.45) is 2.68. The number of rotatable bonds is 5. The lowest BCUT2D eigenvalue weighted by atomic mass is 10.1. The van der Waals surface area contributed by atoms with Gasteiger partial charge in [0.1, 0.15) is 0 Å². The highest BCUT2D eigenvalue weighted by Crippen LogP contribution is 2.35. The quantitative estimate of drug-likeness (QED) is 0.476. The summed E-state index contributed by atoms with van der Waals surface area (Å²) in [4.78, 5) is 14.6. The average Bonchev–Trinajstić information content (AvgIpc) is 3.08. The lowest BCUT2D eigenvalue weighted by molar-refractivity contribution is 0.0955. The molecule has 4 nitrogen and oxygen atoms in total. The van der Waals surface area contributed by atoms with Crippen molar-refractivity contribution in [2.45, 2.75) is 32.4 Å². The number of nitrogen functional groups attached to an aromatic ring is 1. The van der Waals surface area contributed by atoms with Crippen molar-refractivity contribution in [2.24, 2.45) is 11.8 Å². The maximum absolute atomic E-state index is 11.5. The van der Waals surface area contributed by atoms with Gasteiger partial charge in [-0.1, -0.05) is 0 Å². The Morgan fingerprint density at radius 1 is 1.71 bits per heavy atom. The smallest absolute Gasteiger partial charge is 0.275 e. The Kier molecular flexibility index (Phi) is 3.81. The zero-order valence-electron chi connectivity index (χ0n) is 10.3. The van der Waals surface area contributed by atoms with Crippen LogP contribution in [0.2, 0.25) is 0 Å². The Labute approximate surface area is 106 Å². The summed E-state index contributed by atoms with van der Waals surface area (Å²) in [6.45, 7) is 3.07. The number of carbonyl (C=O) groups is 1. The van der Waals surface area contributed by atoms with Gasteiger partial charge in [0, 0.05) is 12.6 Å². The molecule has 0 saturated heterocycles. The predicted octanol–water partition coefficient (Wildman–Crippen LogP) is 1.58. The molecule has 0 aliphatic heterocycles. The topological polar surface area (TPSA) is 58.4 Å². The van der Waals surface area contributed by atoms with E-state index in [2.05, 4.69) is 24.3 Å². The van der Waals surface area contributed by atoms with Gasteiger partial charge in [0.05, 0.1) is 4.88 Å². The minimum Gasteiger partial charge on any atom is -0.299 e. The van der Waals surface area contributed by atoms with E-state index < -0.39 is 0 Å². The molecule has 3 N–H and O–H groups in total. The van der Waals surface area contributed by atoms with Crippen LogP contribution in [0.15, 0.2) is 11.4 Å². The van der Waals surface area contributed by atoms with Crippen LogP contribution in [0.4, 0.5) is 0 Å². The third kappa shape index (κ3) is 2.86. The number of thiophene rings is 1. The Hall–Kier alpha value is -0.910. The zero-order valence-corrected chi connectivity index (χ0v) is 11.1. The molecule has 1 amide bonds. The van der Waals surface area contributed by atoms with E-state index >= 15 is 0 Å². The van der Waals surface area contributed by atoms with Gasteiger partial charge in [-0.2, -0.15) is 0 Å². The molecule has 0 radical (unpaired) electrons. The number of nitrogens with zero attached hydrogens (tertiary/aromatic N) is 1. The van der Waals surface area contributed by atoms with Gasteiger partial charge in [-0.05, 0) is 49.7 Å². The number of amides is 1. The lowest BCUT2D eigenvalue weighted by Crippen LogP contribution is -2.33. The summed E-state index contributed by atoms with van der Waals surface area (Å²) in [5.74, 6) is 5.82. The number of hydrogen-bond donors (Lipinski definition) is 2. The predicted molar refractivity (Wildman–Crippen MR) is 69.6 cm³/mol. The highest BCUT2D eigenvalue weighted by molar-refractivity contribution is 7.12. The van der Waals surface area contributed by atoms with E-state index in [1.165, 1.54) is 24.2 Å². The maximum Gasteiger partial charge on any atom is 0.275 e. The van der Waals surface area contributed by atoms with E-state index in [0.717, 1.165) is 22.9 Å². The zero-order chi connectivity index (χ0) is 12.4. The van der Waals surface area contributed by atoms with Crippen LogP contribution in [-0.4, -0.2) is 23.9 Å². The minimum atomic E-state index is -0.192. The van der Waals surface area contributed by atoms with Crippen molar-refractivity contribution < 1.29 is 4.79 Å². The van der Waals surface area contributed by atoms with Crippen LogP contribution in [0.25, 0.3) is 0 Å². The molecular weight excluding hydrogens is 234 g/mol. The first-order valence-corrected chi connectivity index (χ1v) is 6.79. The third-order valence-corrected chi connectivity index (χ3v) is 4.46. The van der Waals surface area contributed by atoms with Crippen molar-refractivity contribution in [3.05, 3.63) is 21.9 Å². The molecule has 5 heteroatoms. The van der Waals surface area contributed by atoms with Gasteiger partial charge >= 0.3 is 0 Å². The van der Waals surface area contributed by atoms with Gasteiger partial charge in [-0.3, -0.25) is 15.1 Å². The van der Waals surface area contributed by atoms with Gasteiger partial charge in [0.25, 0.3) is 5.91 Å². The van der Waals surface area contributed by atoms with Gasteiger partial charge in [-0.15, -0.1) is 11.3 Å². The second-order valence-corrected chi connectivity index (χ2v) is 5.66. The minimum absolute atomic E-state index is 0.192. The summed E-state index contributed by atoms with van der Waals surface area (Å²) >= 11 is 1.44. The molecule has 2 rings (SSSR count). The van der Waals surface area contributed by atoms with Crippen molar-refractivity contribution >= 4 is 17.2 Å². The normalized spacial score (nSPS) is 17.2. The Balaban J connectivity index is 2.02. The average molecular weight is 253 g/mol. The van der Waals surface area contributed by atoms with E-state index in [9.17, 15) is 4.79 Å². The van der Waals surface area contributed by atoms with Crippen molar-refractivity contribution in [1.82, 2.24) is 10.3 Å². The molecule has 1 heterocycles. The van der Waals surface area contributed by atoms with Crippen molar-refractivity contribution in [3.8, 4) is 0 Å². The molecule has 0 spiro atoms. The summed E-state index contributed by atoms with van der Waals surface area (Å²) in [7, 11) is 2.12. The van der Waals surface area contributed by atoms with E-state index in [0.29, 0.717) is 6.04 Å². The van der Waals surface area contributed by atoms with Crippen LogP contribution in [0, 0.1) is 5.92 Å². The Morgan fingerprint density at radius 3 is 3.00 bits per heavy atom.